The van der Waals surface area contributed by atoms with Gasteiger partial charge in [0, 0.05) is 13.1 Å². The van der Waals surface area contributed by atoms with Crippen LogP contribution in [0.15, 0.2) is 91.0 Å². The number of nitrogens with one attached hydrogen (secondary N) is 1. The van der Waals surface area contributed by atoms with Crippen LogP contribution in [0.2, 0.25) is 0 Å². The van der Waals surface area contributed by atoms with Crippen molar-refractivity contribution >= 4 is 17.9 Å². The zero-order chi connectivity index (χ0) is 22.2. The van der Waals surface area contributed by atoms with Gasteiger partial charge < -0.3 is 5.32 Å². The molecule has 1 atom stereocenters. The number of rotatable bonds is 8. The second kappa shape index (κ2) is 10.5. The van der Waals surface area contributed by atoms with Crippen LogP contribution < -0.4 is 5.32 Å². The Morgan fingerprint density at radius 2 is 1.44 bits per heavy atom. The van der Waals surface area contributed by atoms with E-state index in [9.17, 15) is 4.79 Å². The monoisotopic (exact) mass is 441 g/mol. The maximum absolute atomic E-state index is 13.0. The van der Waals surface area contributed by atoms with Gasteiger partial charge in [0.1, 0.15) is 4.75 Å². The van der Waals surface area contributed by atoms with Gasteiger partial charge in [-0.3, -0.25) is 4.79 Å². The van der Waals surface area contributed by atoms with Crippen molar-refractivity contribution in [2.75, 3.05) is 13.1 Å². The van der Waals surface area contributed by atoms with E-state index in [1.54, 1.807) is 11.9 Å². The number of benzene rings is 3. The first kappa shape index (κ1) is 22.1. The molecule has 0 spiro atoms. The first-order valence-electron chi connectivity index (χ1n) is 11.0. The van der Waals surface area contributed by atoms with Gasteiger partial charge in [-0.1, -0.05) is 103 Å². The zero-order valence-electron chi connectivity index (χ0n) is 18.0. The molecular weight excluding hydrogens is 414 g/mol. The van der Waals surface area contributed by atoms with E-state index >= 15 is 0 Å². The van der Waals surface area contributed by atoms with Crippen LogP contribution in [0.4, 0.5) is 0 Å². The minimum Gasteiger partial charge on any atom is -0.354 e. The number of carbonyl (C=O) groups is 1. The SMILES string of the molecule is N#CCCNC(=O)C1CCCN1SC(c1ccccc1)(c1ccccc1)c1ccccc1. The lowest BCUT2D eigenvalue weighted by Crippen LogP contribution is -2.43. The number of carbonyl (C=O) groups excluding carboxylic acids is 1. The predicted octanol–water partition coefficient (Wildman–Crippen LogP) is 5.12. The summed E-state index contributed by atoms with van der Waals surface area (Å²) in [6, 6.07) is 33.5. The van der Waals surface area contributed by atoms with E-state index < -0.39 is 4.75 Å². The van der Waals surface area contributed by atoms with Crippen molar-refractivity contribution in [2.45, 2.75) is 30.1 Å². The third-order valence-corrected chi connectivity index (χ3v) is 7.49. The average molecular weight is 442 g/mol. The first-order chi connectivity index (χ1) is 15.8. The highest BCUT2D eigenvalue weighted by atomic mass is 32.2. The van der Waals surface area contributed by atoms with Crippen LogP contribution in [0.3, 0.4) is 0 Å². The van der Waals surface area contributed by atoms with Gasteiger partial charge in [0.05, 0.1) is 18.5 Å². The standard InChI is InChI=1S/C27H27N3OS/c28-19-11-20-29-26(31)25-18-10-21-30(25)32-27(22-12-4-1-5-13-22,23-14-6-2-7-15-23)24-16-8-3-9-17-24/h1-9,12-17,25H,10-11,18,20-21H2,(H,29,31). The Morgan fingerprint density at radius 1 is 0.938 bits per heavy atom. The van der Waals surface area contributed by atoms with E-state index in [2.05, 4.69) is 88.5 Å². The molecule has 1 aliphatic rings. The Morgan fingerprint density at radius 3 is 1.91 bits per heavy atom. The molecule has 162 valence electrons. The molecule has 0 saturated carbocycles. The predicted molar refractivity (Wildman–Crippen MR) is 130 cm³/mol. The number of hydrogen-bond donors (Lipinski definition) is 1. The molecule has 1 heterocycles. The quantitative estimate of drug-likeness (QED) is 0.299. The lowest BCUT2D eigenvalue weighted by Gasteiger charge is -2.39. The van der Waals surface area contributed by atoms with Gasteiger partial charge >= 0.3 is 0 Å². The maximum Gasteiger partial charge on any atom is 0.238 e. The minimum atomic E-state index is -0.487. The summed E-state index contributed by atoms with van der Waals surface area (Å²) < 4.78 is 1.76. The minimum absolute atomic E-state index is 0.00772. The van der Waals surface area contributed by atoms with Gasteiger partial charge in [0.15, 0.2) is 0 Å². The van der Waals surface area contributed by atoms with Crippen LogP contribution in [-0.4, -0.2) is 29.3 Å². The van der Waals surface area contributed by atoms with Gasteiger partial charge in [-0.15, -0.1) is 0 Å². The molecule has 4 rings (SSSR count). The lowest BCUT2D eigenvalue weighted by molar-refractivity contribution is -0.124. The summed E-state index contributed by atoms with van der Waals surface area (Å²) in [6.45, 7) is 1.24. The molecule has 1 fully saturated rings. The summed E-state index contributed by atoms with van der Waals surface area (Å²) in [7, 11) is 0. The third kappa shape index (κ3) is 4.57. The second-order valence-electron chi connectivity index (χ2n) is 7.87. The highest BCUT2D eigenvalue weighted by molar-refractivity contribution is 7.98. The molecule has 0 radical (unpaired) electrons. The summed E-state index contributed by atoms with van der Waals surface area (Å²) >= 11 is 1.74. The second-order valence-corrected chi connectivity index (χ2v) is 9.13. The first-order valence-corrected chi connectivity index (χ1v) is 11.8. The number of nitriles is 1. The van der Waals surface area contributed by atoms with Gasteiger partial charge in [-0.2, -0.15) is 5.26 Å². The molecule has 0 aromatic heterocycles. The molecule has 32 heavy (non-hydrogen) atoms. The van der Waals surface area contributed by atoms with E-state index in [4.69, 9.17) is 5.26 Å². The Bertz CT molecular complexity index is 954. The Labute approximate surface area is 194 Å². The highest BCUT2D eigenvalue weighted by Crippen LogP contribution is 2.51. The Kier molecular flexibility index (Phi) is 7.26. The van der Waals surface area contributed by atoms with Gasteiger partial charge in [-0.25, -0.2) is 4.31 Å². The van der Waals surface area contributed by atoms with Crippen LogP contribution in [0.1, 0.15) is 36.0 Å². The summed E-state index contributed by atoms with van der Waals surface area (Å²) in [5, 5.41) is 11.8. The van der Waals surface area contributed by atoms with E-state index in [1.807, 2.05) is 18.2 Å². The lowest BCUT2D eigenvalue weighted by atomic mass is 9.84. The molecule has 1 aliphatic heterocycles. The molecule has 4 nitrogen and oxygen atoms in total. The normalized spacial score (nSPS) is 16.4. The summed E-state index contributed by atoms with van der Waals surface area (Å²) in [6.07, 6.45) is 2.12. The molecule has 1 amide bonds. The summed E-state index contributed by atoms with van der Waals surface area (Å²) in [5.74, 6) is 0.00772. The highest BCUT2D eigenvalue weighted by Gasteiger charge is 2.43. The van der Waals surface area contributed by atoms with Gasteiger partial charge in [-0.05, 0) is 29.5 Å². The van der Waals surface area contributed by atoms with Crippen molar-refractivity contribution in [3.05, 3.63) is 108 Å². The van der Waals surface area contributed by atoms with Crippen molar-refractivity contribution < 1.29 is 4.79 Å². The fraction of sp³-hybridized carbons (Fsp3) is 0.259. The molecule has 0 aliphatic carbocycles. The largest absolute Gasteiger partial charge is 0.354 e. The topological polar surface area (TPSA) is 56.1 Å². The Balaban J connectivity index is 1.78. The van der Waals surface area contributed by atoms with Crippen molar-refractivity contribution in [2.24, 2.45) is 0 Å². The summed E-state index contributed by atoms with van der Waals surface area (Å²) in [4.78, 5) is 13.0. The molecule has 5 heteroatoms. The number of amides is 1. The maximum atomic E-state index is 13.0. The van der Waals surface area contributed by atoms with E-state index in [1.165, 1.54) is 16.7 Å². The van der Waals surface area contributed by atoms with E-state index in [-0.39, 0.29) is 11.9 Å². The molecule has 1 unspecified atom stereocenters. The molecule has 3 aromatic rings. The molecule has 1 N–H and O–H groups in total. The van der Waals surface area contributed by atoms with E-state index in [0.717, 1.165) is 19.4 Å². The average Bonchev–Trinajstić information content (AvgIpc) is 3.32. The Hall–Kier alpha value is -3.07. The van der Waals surface area contributed by atoms with Crippen molar-refractivity contribution in [1.29, 1.82) is 5.26 Å². The smallest absolute Gasteiger partial charge is 0.238 e. The molecule has 1 saturated heterocycles. The molecule has 3 aromatic carbocycles. The van der Waals surface area contributed by atoms with Crippen molar-refractivity contribution in [3.63, 3.8) is 0 Å². The third-order valence-electron chi connectivity index (χ3n) is 5.84. The van der Waals surface area contributed by atoms with Crippen molar-refractivity contribution in [3.8, 4) is 6.07 Å². The van der Waals surface area contributed by atoms with Crippen LogP contribution >= 0.6 is 11.9 Å². The van der Waals surface area contributed by atoms with Crippen LogP contribution in [0, 0.1) is 11.3 Å². The fourth-order valence-electron chi connectivity index (χ4n) is 4.32. The van der Waals surface area contributed by atoms with Crippen molar-refractivity contribution in [1.82, 2.24) is 9.62 Å². The molecule has 0 bridgehead atoms. The van der Waals surface area contributed by atoms with Crippen LogP contribution in [0.25, 0.3) is 0 Å². The number of nitrogens with zero attached hydrogens (tertiary/aromatic N) is 2. The number of hydrogen-bond acceptors (Lipinski definition) is 4. The van der Waals surface area contributed by atoms with Gasteiger partial charge in [0.2, 0.25) is 5.91 Å². The summed E-state index contributed by atoms with van der Waals surface area (Å²) in [5.41, 5.74) is 3.54. The zero-order valence-corrected chi connectivity index (χ0v) is 18.8. The van der Waals surface area contributed by atoms with Gasteiger partial charge in [0.25, 0.3) is 0 Å². The van der Waals surface area contributed by atoms with Crippen LogP contribution in [0.5, 0.6) is 0 Å². The van der Waals surface area contributed by atoms with E-state index in [0.29, 0.717) is 13.0 Å². The molecular formula is C27H27N3OS. The fourth-order valence-corrected chi connectivity index (χ4v) is 5.95. The van der Waals surface area contributed by atoms with Crippen LogP contribution in [-0.2, 0) is 9.54 Å².